The maximum absolute atomic E-state index is 11.4. The Balaban J connectivity index is 2.65. The number of nitrogens with one attached hydrogen (secondary N) is 2. The lowest BCUT2D eigenvalue weighted by Gasteiger charge is -2.29. The standard InChI is InChI=1S/C16H28N4O2S2/c1-16(2,19-24(6,21)22)12-18-15(17-3)20(4)11-13-7-9-14(23-5)10-8-13/h7-10,19H,11-12H2,1-6H3,(H,17,18). The number of aliphatic imine (C=N–C) groups is 1. The lowest BCUT2D eigenvalue weighted by Crippen LogP contribution is -2.53. The molecule has 2 N–H and O–H groups in total. The zero-order valence-corrected chi connectivity index (χ0v) is 16.9. The van der Waals surface area contributed by atoms with Crippen LogP contribution in [0.25, 0.3) is 0 Å². The third-order valence-corrected chi connectivity index (χ3v) is 4.97. The van der Waals surface area contributed by atoms with Gasteiger partial charge in [0.25, 0.3) is 0 Å². The van der Waals surface area contributed by atoms with E-state index in [0.717, 1.165) is 6.26 Å². The Morgan fingerprint density at radius 1 is 1.29 bits per heavy atom. The van der Waals surface area contributed by atoms with Crippen molar-refractivity contribution in [2.24, 2.45) is 4.99 Å². The lowest BCUT2D eigenvalue weighted by atomic mass is 10.1. The summed E-state index contributed by atoms with van der Waals surface area (Å²) in [6.45, 7) is 4.81. The highest BCUT2D eigenvalue weighted by molar-refractivity contribution is 7.98. The predicted molar refractivity (Wildman–Crippen MR) is 103 cm³/mol. The molecular weight excluding hydrogens is 344 g/mol. The highest BCUT2D eigenvalue weighted by Gasteiger charge is 2.22. The molecule has 0 amide bonds. The van der Waals surface area contributed by atoms with Crippen molar-refractivity contribution in [1.82, 2.24) is 14.9 Å². The van der Waals surface area contributed by atoms with Crippen molar-refractivity contribution in [3.63, 3.8) is 0 Å². The molecule has 0 aliphatic heterocycles. The second-order valence-corrected chi connectivity index (χ2v) is 8.99. The summed E-state index contributed by atoms with van der Waals surface area (Å²) in [7, 11) is 0.411. The van der Waals surface area contributed by atoms with Gasteiger partial charge in [-0.05, 0) is 37.8 Å². The molecule has 24 heavy (non-hydrogen) atoms. The van der Waals surface area contributed by atoms with Crippen molar-refractivity contribution in [2.75, 3.05) is 33.2 Å². The van der Waals surface area contributed by atoms with E-state index in [1.807, 2.05) is 25.8 Å². The normalized spacial score (nSPS) is 13.0. The van der Waals surface area contributed by atoms with Crippen LogP contribution in [0.1, 0.15) is 19.4 Å². The molecule has 1 aromatic carbocycles. The van der Waals surface area contributed by atoms with Crippen LogP contribution in [0.15, 0.2) is 34.2 Å². The van der Waals surface area contributed by atoms with E-state index >= 15 is 0 Å². The molecule has 0 atom stereocenters. The maximum Gasteiger partial charge on any atom is 0.209 e. The van der Waals surface area contributed by atoms with Crippen molar-refractivity contribution in [3.05, 3.63) is 29.8 Å². The van der Waals surface area contributed by atoms with Gasteiger partial charge < -0.3 is 10.2 Å². The summed E-state index contributed by atoms with van der Waals surface area (Å²) in [5.41, 5.74) is 0.580. The maximum atomic E-state index is 11.4. The molecule has 0 fully saturated rings. The Bertz CT molecular complexity index is 655. The molecule has 8 heteroatoms. The number of nitrogens with zero attached hydrogens (tertiary/aromatic N) is 2. The number of hydrogen-bond acceptors (Lipinski definition) is 4. The zero-order chi connectivity index (χ0) is 18.4. The third-order valence-electron chi connectivity index (χ3n) is 3.30. The first-order chi connectivity index (χ1) is 11.1. The number of benzene rings is 1. The monoisotopic (exact) mass is 372 g/mol. The van der Waals surface area contributed by atoms with Gasteiger partial charge in [0.2, 0.25) is 10.0 Å². The summed E-state index contributed by atoms with van der Waals surface area (Å²) in [6.07, 6.45) is 3.22. The van der Waals surface area contributed by atoms with E-state index in [9.17, 15) is 8.42 Å². The molecule has 0 spiro atoms. The lowest BCUT2D eigenvalue weighted by molar-refractivity contribution is 0.422. The van der Waals surface area contributed by atoms with Crippen LogP contribution < -0.4 is 10.0 Å². The largest absolute Gasteiger partial charge is 0.354 e. The molecule has 0 unspecified atom stereocenters. The number of guanidine groups is 1. The van der Waals surface area contributed by atoms with Gasteiger partial charge in [0, 0.05) is 37.6 Å². The molecular formula is C16H28N4O2S2. The van der Waals surface area contributed by atoms with E-state index < -0.39 is 15.6 Å². The van der Waals surface area contributed by atoms with Gasteiger partial charge >= 0.3 is 0 Å². The highest BCUT2D eigenvalue weighted by Crippen LogP contribution is 2.15. The fraction of sp³-hybridized carbons (Fsp3) is 0.562. The molecule has 0 radical (unpaired) electrons. The average molecular weight is 373 g/mol. The zero-order valence-electron chi connectivity index (χ0n) is 15.3. The fourth-order valence-corrected chi connectivity index (χ4v) is 3.79. The van der Waals surface area contributed by atoms with Gasteiger partial charge in [-0.1, -0.05) is 12.1 Å². The molecule has 1 aromatic rings. The molecule has 0 saturated carbocycles. The number of hydrogen-bond donors (Lipinski definition) is 2. The summed E-state index contributed by atoms with van der Waals surface area (Å²) in [4.78, 5) is 7.51. The van der Waals surface area contributed by atoms with Crippen molar-refractivity contribution in [1.29, 1.82) is 0 Å². The average Bonchev–Trinajstić information content (AvgIpc) is 2.46. The van der Waals surface area contributed by atoms with Crippen LogP contribution in [0, 0.1) is 0 Å². The Hall–Kier alpha value is -1.25. The second kappa shape index (κ2) is 8.73. The van der Waals surface area contributed by atoms with E-state index in [0.29, 0.717) is 19.0 Å². The molecule has 136 valence electrons. The number of thioether (sulfide) groups is 1. The van der Waals surface area contributed by atoms with Crippen LogP contribution in [-0.2, 0) is 16.6 Å². The third kappa shape index (κ3) is 7.55. The van der Waals surface area contributed by atoms with Gasteiger partial charge in [-0.3, -0.25) is 4.99 Å². The Morgan fingerprint density at radius 3 is 2.33 bits per heavy atom. The van der Waals surface area contributed by atoms with Crippen LogP contribution in [0.3, 0.4) is 0 Å². The Morgan fingerprint density at radius 2 is 1.88 bits per heavy atom. The van der Waals surface area contributed by atoms with E-state index in [1.54, 1.807) is 18.8 Å². The van der Waals surface area contributed by atoms with Crippen molar-refractivity contribution in [3.8, 4) is 0 Å². The summed E-state index contributed by atoms with van der Waals surface area (Å²) in [5.74, 6) is 0.715. The Kier molecular flexibility index (Phi) is 7.56. The van der Waals surface area contributed by atoms with Gasteiger partial charge in [0.05, 0.1) is 6.26 Å². The Labute approximate surface area is 150 Å². The highest BCUT2D eigenvalue weighted by atomic mass is 32.2. The van der Waals surface area contributed by atoms with Gasteiger partial charge in [0.1, 0.15) is 0 Å². The van der Waals surface area contributed by atoms with Crippen LogP contribution in [0.4, 0.5) is 0 Å². The minimum atomic E-state index is -3.26. The van der Waals surface area contributed by atoms with Crippen LogP contribution in [0.5, 0.6) is 0 Å². The second-order valence-electron chi connectivity index (χ2n) is 6.36. The minimum Gasteiger partial charge on any atom is -0.354 e. The van der Waals surface area contributed by atoms with Gasteiger partial charge in [-0.25, -0.2) is 13.1 Å². The summed E-state index contributed by atoms with van der Waals surface area (Å²) in [6, 6.07) is 8.40. The van der Waals surface area contributed by atoms with Crippen molar-refractivity contribution < 1.29 is 8.42 Å². The first-order valence-electron chi connectivity index (χ1n) is 7.60. The van der Waals surface area contributed by atoms with Gasteiger partial charge in [-0.15, -0.1) is 11.8 Å². The minimum absolute atomic E-state index is 0.433. The summed E-state index contributed by atoms with van der Waals surface area (Å²) < 4.78 is 25.4. The smallest absolute Gasteiger partial charge is 0.209 e. The molecule has 0 saturated heterocycles. The van der Waals surface area contributed by atoms with Crippen LogP contribution in [-0.4, -0.2) is 58.0 Å². The first kappa shape index (κ1) is 20.8. The molecule has 6 nitrogen and oxygen atoms in total. The van der Waals surface area contributed by atoms with E-state index in [-0.39, 0.29) is 0 Å². The fourth-order valence-electron chi connectivity index (χ4n) is 2.30. The first-order valence-corrected chi connectivity index (χ1v) is 10.7. The van der Waals surface area contributed by atoms with Crippen molar-refractivity contribution in [2.45, 2.75) is 30.8 Å². The van der Waals surface area contributed by atoms with Crippen LogP contribution >= 0.6 is 11.8 Å². The molecule has 1 rings (SSSR count). The number of rotatable bonds is 7. The number of sulfonamides is 1. The molecule has 0 heterocycles. The van der Waals surface area contributed by atoms with E-state index in [2.05, 4.69) is 45.6 Å². The predicted octanol–water partition coefficient (Wildman–Crippen LogP) is 1.74. The quantitative estimate of drug-likeness (QED) is 0.433. The SMILES string of the molecule is CN=C(NCC(C)(C)NS(C)(=O)=O)N(C)Cc1ccc(SC)cc1. The van der Waals surface area contributed by atoms with Gasteiger partial charge in [0.15, 0.2) is 5.96 Å². The topological polar surface area (TPSA) is 73.8 Å². The molecule has 0 aromatic heterocycles. The molecule has 0 aliphatic rings. The van der Waals surface area contributed by atoms with Crippen LogP contribution in [0.2, 0.25) is 0 Å². The van der Waals surface area contributed by atoms with Gasteiger partial charge in [-0.2, -0.15) is 0 Å². The van der Waals surface area contributed by atoms with E-state index in [4.69, 9.17) is 0 Å². The molecule has 0 bridgehead atoms. The summed E-state index contributed by atoms with van der Waals surface area (Å²) in [5, 5.41) is 3.22. The summed E-state index contributed by atoms with van der Waals surface area (Å²) >= 11 is 1.72. The van der Waals surface area contributed by atoms with Crippen molar-refractivity contribution >= 4 is 27.7 Å². The molecule has 0 aliphatic carbocycles. The van der Waals surface area contributed by atoms with E-state index in [1.165, 1.54) is 10.5 Å².